The lowest BCUT2D eigenvalue weighted by Crippen LogP contribution is -2.50. The van der Waals surface area contributed by atoms with Crippen molar-refractivity contribution in [2.45, 2.75) is 19.9 Å². The highest BCUT2D eigenvalue weighted by molar-refractivity contribution is 6.01. The van der Waals surface area contributed by atoms with Crippen LogP contribution in [0.3, 0.4) is 0 Å². The van der Waals surface area contributed by atoms with Crippen LogP contribution in [0.1, 0.15) is 42.7 Å². The minimum atomic E-state index is -0.537. The molecular weight excluding hydrogens is 420 g/mol. The van der Waals surface area contributed by atoms with Gasteiger partial charge < -0.3 is 19.6 Å². The summed E-state index contributed by atoms with van der Waals surface area (Å²) >= 11 is 0. The van der Waals surface area contributed by atoms with Crippen LogP contribution in [-0.2, 0) is 13.0 Å². The minimum absolute atomic E-state index is 0.0653. The number of nitrogens with two attached hydrogens (primary N) is 1. The maximum Gasteiger partial charge on any atom is 0.289 e. The zero-order valence-electron chi connectivity index (χ0n) is 18.7. The number of amides is 2. The molecular formula is C25H28N4O4. The summed E-state index contributed by atoms with van der Waals surface area (Å²) in [5.41, 5.74) is 8.28. The largest absolute Gasteiger partial charge is 0.459 e. The van der Waals surface area contributed by atoms with E-state index in [-0.39, 0.29) is 18.2 Å². The fourth-order valence-corrected chi connectivity index (χ4v) is 4.25. The summed E-state index contributed by atoms with van der Waals surface area (Å²) < 4.78 is 7.09. The molecule has 0 spiro atoms. The van der Waals surface area contributed by atoms with E-state index < -0.39 is 5.91 Å². The maximum absolute atomic E-state index is 13.2. The second kappa shape index (κ2) is 9.87. The van der Waals surface area contributed by atoms with Gasteiger partial charge in [0.15, 0.2) is 11.5 Å². The van der Waals surface area contributed by atoms with Gasteiger partial charge in [-0.15, -0.1) is 0 Å². The van der Waals surface area contributed by atoms with E-state index in [1.807, 2.05) is 46.7 Å². The zero-order chi connectivity index (χ0) is 23.4. The van der Waals surface area contributed by atoms with Crippen LogP contribution in [0.2, 0.25) is 0 Å². The minimum Gasteiger partial charge on any atom is -0.459 e. The van der Waals surface area contributed by atoms with Crippen molar-refractivity contribution in [1.82, 2.24) is 14.4 Å². The van der Waals surface area contributed by atoms with Gasteiger partial charge in [0.25, 0.3) is 11.8 Å². The van der Waals surface area contributed by atoms with Crippen LogP contribution in [0.5, 0.6) is 0 Å². The highest BCUT2D eigenvalue weighted by Gasteiger charge is 2.26. The molecule has 172 valence electrons. The van der Waals surface area contributed by atoms with Crippen molar-refractivity contribution in [2.24, 2.45) is 5.73 Å². The number of piperazine rings is 1. The first-order valence-corrected chi connectivity index (χ1v) is 11.1. The standard InChI is InChI=1S/C25H28N4O4/c1-18-20(24(26)31)16-21(29(18)10-9-19-6-3-2-4-7-19)22(30)17-27-11-13-28(14-12-27)25(32)23-8-5-15-33-23/h2-8,15-16H,9-14,17H2,1H3,(H2,26,31). The Kier molecular flexibility index (Phi) is 6.74. The van der Waals surface area contributed by atoms with Crippen molar-refractivity contribution < 1.29 is 18.8 Å². The summed E-state index contributed by atoms with van der Waals surface area (Å²) in [6, 6.07) is 15.0. The van der Waals surface area contributed by atoms with E-state index in [0.717, 1.165) is 12.0 Å². The van der Waals surface area contributed by atoms with Crippen LogP contribution in [0.4, 0.5) is 0 Å². The fraction of sp³-hybridized carbons (Fsp3) is 0.320. The number of nitrogens with zero attached hydrogens (tertiary/aromatic N) is 3. The molecule has 1 aliphatic heterocycles. The van der Waals surface area contributed by atoms with Crippen LogP contribution >= 0.6 is 0 Å². The van der Waals surface area contributed by atoms with Crippen LogP contribution in [0, 0.1) is 6.92 Å². The first kappa shape index (κ1) is 22.5. The topological polar surface area (TPSA) is 102 Å². The lowest BCUT2D eigenvalue weighted by atomic mass is 10.1. The van der Waals surface area contributed by atoms with Gasteiger partial charge in [0, 0.05) is 38.4 Å². The summed E-state index contributed by atoms with van der Waals surface area (Å²) in [5, 5.41) is 0. The molecule has 3 aromatic rings. The van der Waals surface area contributed by atoms with Crippen molar-refractivity contribution >= 4 is 17.6 Å². The molecule has 0 aliphatic carbocycles. The lowest BCUT2D eigenvalue weighted by molar-refractivity contribution is 0.0595. The van der Waals surface area contributed by atoms with E-state index in [1.54, 1.807) is 23.1 Å². The number of Topliss-reactive ketones (excluding diaryl/α,β-unsaturated/α-hetero) is 1. The number of aryl methyl sites for hydroxylation is 1. The predicted octanol–water partition coefficient (Wildman–Crippen LogP) is 2.37. The number of aromatic nitrogens is 1. The van der Waals surface area contributed by atoms with Crippen molar-refractivity contribution in [2.75, 3.05) is 32.7 Å². The number of ketones is 1. The van der Waals surface area contributed by atoms with Crippen LogP contribution in [-0.4, -0.2) is 64.7 Å². The second-order valence-corrected chi connectivity index (χ2v) is 8.25. The molecule has 1 saturated heterocycles. The van der Waals surface area contributed by atoms with Gasteiger partial charge in [0.1, 0.15) is 0 Å². The molecule has 8 heteroatoms. The van der Waals surface area contributed by atoms with E-state index in [4.69, 9.17) is 10.2 Å². The van der Waals surface area contributed by atoms with E-state index in [0.29, 0.717) is 55.4 Å². The molecule has 33 heavy (non-hydrogen) atoms. The second-order valence-electron chi connectivity index (χ2n) is 8.25. The summed E-state index contributed by atoms with van der Waals surface area (Å²) in [6.45, 7) is 4.84. The highest BCUT2D eigenvalue weighted by atomic mass is 16.3. The highest BCUT2D eigenvalue weighted by Crippen LogP contribution is 2.18. The van der Waals surface area contributed by atoms with Crippen molar-refractivity contribution in [3.63, 3.8) is 0 Å². The van der Waals surface area contributed by atoms with Gasteiger partial charge in [-0.25, -0.2) is 0 Å². The smallest absolute Gasteiger partial charge is 0.289 e. The summed E-state index contributed by atoms with van der Waals surface area (Å²) in [4.78, 5) is 41.4. The van der Waals surface area contributed by atoms with E-state index in [1.165, 1.54) is 6.26 Å². The van der Waals surface area contributed by atoms with Gasteiger partial charge in [-0.1, -0.05) is 30.3 Å². The molecule has 0 atom stereocenters. The molecule has 0 unspecified atom stereocenters. The third kappa shape index (κ3) is 5.06. The van der Waals surface area contributed by atoms with Crippen molar-refractivity contribution in [1.29, 1.82) is 0 Å². The molecule has 4 rings (SSSR count). The molecule has 0 saturated carbocycles. The summed E-state index contributed by atoms with van der Waals surface area (Å²) in [5.74, 6) is -0.415. The van der Waals surface area contributed by atoms with Gasteiger partial charge in [0.05, 0.1) is 24.1 Å². The Morgan fingerprint density at radius 1 is 1.00 bits per heavy atom. The monoisotopic (exact) mass is 448 g/mol. The number of hydrogen-bond acceptors (Lipinski definition) is 5. The Morgan fingerprint density at radius 3 is 2.36 bits per heavy atom. The van der Waals surface area contributed by atoms with E-state index in [9.17, 15) is 14.4 Å². The number of carbonyl (C=O) groups excluding carboxylic acids is 3. The quantitative estimate of drug-likeness (QED) is 0.533. The van der Waals surface area contributed by atoms with Crippen LogP contribution < -0.4 is 5.73 Å². The Balaban J connectivity index is 1.42. The molecule has 2 aromatic heterocycles. The lowest BCUT2D eigenvalue weighted by Gasteiger charge is -2.33. The predicted molar refractivity (Wildman–Crippen MR) is 123 cm³/mol. The molecule has 1 fully saturated rings. The number of benzene rings is 1. The molecule has 1 aromatic carbocycles. The van der Waals surface area contributed by atoms with Crippen LogP contribution in [0.15, 0.2) is 59.2 Å². The molecule has 2 amide bonds. The SMILES string of the molecule is Cc1c(C(N)=O)cc(C(=O)CN2CCN(C(=O)c3ccco3)CC2)n1CCc1ccccc1. The van der Waals surface area contributed by atoms with Crippen molar-refractivity contribution in [3.05, 3.63) is 83.1 Å². The molecule has 0 bridgehead atoms. The summed E-state index contributed by atoms with van der Waals surface area (Å²) in [6.07, 6.45) is 2.22. The van der Waals surface area contributed by atoms with Gasteiger partial charge in [-0.3, -0.25) is 19.3 Å². The fourth-order valence-electron chi connectivity index (χ4n) is 4.25. The van der Waals surface area contributed by atoms with E-state index in [2.05, 4.69) is 0 Å². The molecule has 2 N–H and O–H groups in total. The van der Waals surface area contributed by atoms with Gasteiger partial charge in [-0.05, 0) is 37.1 Å². The zero-order valence-corrected chi connectivity index (χ0v) is 18.7. The van der Waals surface area contributed by atoms with Crippen LogP contribution in [0.25, 0.3) is 0 Å². The maximum atomic E-state index is 13.2. The average Bonchev–Trinajstić information content (AvgIpc) is 3.47. The average molecular weight is 449 g/mol. The summed E-state index contributed by atoms with van der Waals surface area (Å²) in [7, 11) is 0. The third-order valence-electron chi connectivity index (χ3n) is 6.14. The first-order valence-electron chi connectivity index (χ1n) is 11.1. The first-order chi connectivity index (χ1) is 15.9. The Labute approximate surface area is 192 Å². The van der Waals surface area contributed by atoms with Gasteiger partial charge in [0.2, 0.25) is 0 Å². The van der Waals surface area contributed by atoms with Crippen molar-refractivity contribution in [3.8, 4) is 0 Å². The Hall–Kier alpha value is -3.65. The third-order valence-corrected chi connectivity index (χ3v) is 6.14. The molecule has 3 heterocycles. The molecule has 8 nitrogen and oxygen atoms in total. The number of hydrogen-bond donors (Lipinski definition) is 1. The van der Waals surface area contributed by atoms with Gasteiger partial charge >= 0.3 is 0 Å². The Morgan fingerprint density at radius 2 is 1.73 bits per heavy atom. The Bertz CT molecular complexity index is 1130. The number of rotatable bonds is 8. The molecule has 1 aliphatic rings. The molecule has 0 radical (unpaired) electrons. The van der Waals surface area contributed by atoms with Gasteiger partial charge in [-0.2, -0.15) is 0 Å². The number of furan rings is 1. The number of carbonyl (C=O) groups is 3. The van der Waals surface area contributed by atoms with E-state index >= 15 is 0 Å². The number of primary amides is 1. The normalized spacial score (nSPS) is 14.4.